The minimum atomic E-state index is -0.861. The van der Waals surface area contributed by atoms with Crippen molar-refractivity contribution in [3.8, 4) is 0 Å². The van der Waals surface area contributed by atoms with E-state index in [1.165, 1.54) is 6.42 Å². The Bertz CT molecular complexity index is 346. The highest BCUT2D eigenvalue weighted by atomic mass is 35.5. The molecule has 3 N–H and O–H groups in total. The van der Waals surface area contributed by atoms with Gasteiger partial charge < -0.3 is 15.7 Å². The van der Waals surface area contributed by atoms with Gasteiger partial charge in [-0.2, -0.15) is 0 Å². The van der Waals surface area contributed by atoms with E-state index in [0.717, 1.165) is 38.8 Å². The van der Waals surface area contributed by atoms with Crippen molar-refractivity contribution in [1.29, 1.82) is 0 Å². The molecule has 0 aromatic heterocycles. The van der Waals surface area contributed by atoms with Crippen molar-refractivity contribution in [3.63, 3.8) is 0 Å². The van der Waals surface area contributed by atoms with Gasteiger partial charge in [0.05, 0.1) is 5.92 Å². The van der Waals surface area contributed by atoms with E-state index in [0.29, 0.717) is 5.41 Å². The molecular weight excluding hydrogens is 280 g/mol. The lowest BCUT2D eigenvalue weighted by atomic mass is 9.70. The van der Waals surface area contributed by atoms with Gasteiger partial charge in [0.2, 0.25) is 5.91 Å². The first-order valence-corrected chi connectivity index (χ1v) is 7.24. The lowest BCUT2D eigenvalue weighted by Gasteiger charge is -2.36. The number of hydrogen-bond acceptors (Lipinski definition) is 3. The molecule has 0 aromatic rings. The lowest BCUT2D eigenvalue weighted by Crippen LogP contribution is -2.39. The van der Waals surface area contributed by atoms with Gasteiger partial charge in [0.25, 0.3) is 0 Å². The Kier molecular flexibility index (Phi) is 6.27. The maximum Gasteiger partial charge on any atom is 0.308 e. The largest absolute Gasteiger partial charge is 0.481 e. The molecule has 6 heteroatoms. The van der Waals surface area contributed by atoms with E-state index >= 15 is 0 Å². The van der Waals surface area contributed by atoms with Crippen LogP contribution in [0.5, 0.6) is 0 Å². The zero-order chi connectivity index (χ0) is 13.9. The summed E-state index contributed by atoms with van der Waals surface area (Å²) < 4.78 is 0. The molecule has 1 spiro atoms. The van der Waals surface area contributed by atoms with Crippen molar-refractivity contribution in [2.24, 2.45) is 17.3 Å². The summed E-state index contributed by atoms with van der Waals surface area (Å²) in [7, 11) is 0. The van der Waals surface area contributed by atoms with Crippen LogP contribution in [0.1, 0.15) is 39.0 Å². The molecular formula is C14H25ClN2O3. The monoisotopic (exact) mass is 304 g/mol. The highest BCUT2D eigenvalue weighted by Crippen LogP contribution is 2.43. The average Bonchev–Trinajstić information content (AvgIpc) is 2.84. The Morgan fingerprint density at radius 1 is 1.35 bits per heavy atom. The second kappa shape index (κ2) is 7.27. The number of carbonyl (C=O) groups excluding carboxylic acids is 1. The van der Waals surface area contributed by atoms with Crippen molar-refractivity contribution in [3.05, 3.63) is 0 Å². The number of nitrogens with one attached hydrogen (secondary N) is 2. The van der Waals surface area contributed by atoms with Crippen molar-refractivity contribution in [2.45, 2.75) is 39.0 Å². The van der Waals surface area contributed by atoms with Crippen LogP contribution in [0.25, 0.3) is 0 Å². The molecule has 1 saturated heterocycles. The summed E-state index contributed by atoms with van der Waals surface area (Å²) in [6, 6.07) is 0. The first-order valence-electron chi connectivity index (χ1n) is 7.24. The molecule has 1 saturated carbocycles. The standard InChI is InChI=1S/C14H24N2O3.ClH/c1-10(13(18)19)8-16-12(17)11-2-4-14(5-3-11)6-7-15-9-14;/h10-11,15H,2-9H2,1H3,(H,16,17)(H,18,19);1H. The Balaban J connectivity index is 0.00000200. The second-order valence-electron chi connectivity index (χ2n) is 6.19. The molecule has 20 heavy (non-hydrogen) atoms. The summed E-state index contributed by atoms with van der Waals surface area (Å²) in [5.74, 6) is -1.26. The van der Waals surface area contributed by atoms with Gasteiger partial charge in [0.1, 0.15) is 0 Å². The van der Waals surface area contributed by atoms with E-state index in [9.17, 15) is 9.59 Å². The maximum atomic E-state index is 12.0. The second-order valence-corrected chi connectivity index (χ2v) is 6.19. The van der Waals surface area contributed by atoms with Gasteiger partial charge in [-0.15, -0.1) is 12.4 Å². The minimum Gasteiger partial charge on any atom is -0.481 e. The number of amides is 1. The molecule has 1 amide bonds. The van der Waals surface area contributed by atoms with E-state index in [2.05, 4.69) is 10.6 Å². The fraction of sp³-hybridized carbons (Fsp3) is 0.857. The number of carboxylic acid groups (broad SMARTS) is 1. The van der Waals surface area contributed by atoms with Crippen LogP contribution in [0, 0.1) is 17.3 Å². The van der Waals surface area contributed by atoms with Crippen LogP contribution in [0.4, 0.5) is 0 Å². The van der Waals surface area contributed by atoms with Gasteiger partial charge in [-0.3, -0.25) is 9.59 Å². The minimum absolute atomic E-state index is 0. The van der Waals surface area contributed by atoms with E-state index in [1.54, 1.807) is 6.92 Å². The Morgan fingerprint density at radius 2 is 2.00 bits per heavy atom. The van der Waals surface area contributed by atoms with Crippen molar-refractivity contribution in [2.75, 3.05) is 19.6 Å². The number of aliphatic carboxylic acids is 1. The zero-order valence-corrected chi connectivity index (χ0v) is 12.8. The predicted molar refractivity (Wildman–Crippen MR) is 78.9 cm³/mol. The van der Waals surface area contributed by atoms with Crippen molar-refractivity contribution in [1.82, 2.24) is 10.6 Å². The topological polar surface area (TPSA) is 78.4 Å². The van der Waals surface area contributed by atoms with Crippen LogP contribution in [0.15, 0.2) is 0 Å². The molecule has 1 unspecified atom stereocenters. The van der Waals surface area contributed by atoms with Gasteiger partial charge >= 0.3 is 5.97 Å². The van der Waals surface area contributed by atoms with Gasteiger partial charge in [-0.05, 0) is 44.1 Å². The number of hydrogen-bond donors (Lipinski definition) is 3. The normalized spacial score (nSPS) is 30.6. The molecule has 5 nitrogen and oxygen atoms in total. The lowest BCUT2D eigenvalue weighted by molar-refractivity contribution is -0.141. The predicted octanol–water partition coefficient (Wildman–Crippen LogP) is 1.42. The fourth-order valence-corrected chi connectivity index (χ4v) is 3.20. The summed E-state index contributed by atoms with van der Waals surface area (Å²) >= 11 is 0. The maximum absolute atomic E-state index is 12.0. The van der Waals surface area contributed by atoms with Crippen LogP contribution in [-0.2, 0) is 9.59 Å². The molecule has 2 fully saturated rings. The van der Waals surface area contributed by atoms with E-state index < -0.39 is 11.9 Å². The van der Waals surface area contributed by atoms with Gasteiger partial charge in [-0.1, -0.05) is 6.92 Å². The number of rotatable bonds is 4. The van der Waals surface area contributed by atoms with E-state index in [-0.39, 0.29) is 30.8 Å². The fourth-order valence-electron chi connectivity index (χ4n) is 3.20. The van der Waals surface area contributed by atoms with E-state index in [4.69, 9.17) is 5.11 Å². The first kappa shape index (κ1) is 17.2. The Labute approximate surface area is 126 Å². The number of carboxylic acids is 1. The Hall–Kier alpha value is -0.810. The highest BCUT2D eigenvalue weighted by Gasteiger charge is 2.39. The SMILES string of the molecule is CC(CNC(=O)C1CCC2(CCNC2)CC1)C(=O)O.Cl. The molecule has 1 aliphatic carbocycles. The van der Waals surface area contributed by atoms with Crippen LogP contribution >= 0.6 is 12.4 Å². The molecule has 1 aliphatic heterocycles. The molecule has 0 bridgehead atoms. The van der Waals surface area contributed by atoms with Crippen molar-refractivity contribution < 1.29 is 14.7 Å². The quantitative estimate of drug-likeness (QED) is 0.734. The first-order chi connectivity index (χ1) is 9.02. The number of carbonyl (C=O) groups is 2. The summed E-state index contributed by atoms with van der Waals surface area (Å²) in [5.41, 5.74) is 0.436. The van der Waals surface area contributed by atoms with Gasteiger partial charge in [0, 0.05) is 19.0 Å². The summed E-state index contributed by atoms with van der Waals surface area (Å²) in [5, 5.41) is 15.0. The van der Waals surface area contributed by atoms with Gasteiger partial charge in [0.15, 0.2) is 0 Å². The molecule has 116 valence electrons. The van der Waals surface area contributed by atoms with E-state index in [1.807, 2.05) is 0 Å². The van der Waals surface area contributed by atoms with Crippen molar-refractivity contribution >= 4 is 24.3 Å². The zero-order valence-electron chi connectivity index (χ0n) is 12.0. The molecule has 1 atom stereocenters. The van der Waals surface area contributed by atoms with Crippen LogP contribution < -0.4 is 10.6 Å². The molecule has 2 rings (SSSR count). The van der Waals surface area contributed by atoms with Crippen LogP contribution in [-0.4, -0.2) is 36.6 Å². The van der Waals surface area contributed by atoms with Gasteiger partial charge in [-0.25, -0.2) is 0 Å². The highest BCUT2D eigenvalue weighted by molar-refractivity contribution is 5.85. The summed E-state index contributed by atoms with van der Waals surface area (Å²) in [6.07, 6.45) is 5.35. The summed E-state index contributed by atoms with van der Waals surface area (Å²) in [6.45, 7) is 4.05. The van der Waals surface area contributed by atoms with Crippen LogP contribution in [0.3, 0.4) is 0 Å². The molecule has 0 radical (unpaired) electrons. The third-order valence-corrected chi connectivity index (χ3v) is 4.75. The molecule has 0 aromatic carbocycles. The Morgan fingerprint density at radius 3 is 2.50 bits per heavy atom. The average molecular weight is 305 g/mol. The third-order valence-electron chi connectivity index (χ3n) is 4.75. The smallest absolute Gasteiger partial charge is 0.308 e. The number of halogens is 1. The van der Waals surface area contributed by atoms with Crippen LogP contribution in [0.2, 0.25) is 0 Å². The molecule has 1 heterocycles. The summed E-state index contributed by atoms with van der Waals surface area (Å²) in [4.78, 5) is 22.7. The molecule has 2 aliphatic rings. The third kappa shape index (κ3) is 4.09.